The second kappa shape index (κ2) is 5.49. The van der Waals surface area contributed by atoms with E-state index in [4.69, 9.17) is 0 Å². The Kier molecular flexibility index (Phi) is 3.55. The van der Waals surface area contributed by atoms with E-state index in [1.807, 2.05) is 24.3 Å². The summed E-state index contributed by atoms with van der Waals surface area (Å²) in [5, 5.41) is 3.41. The first kappa shape index (κ1) is 12.9. The Morgan fingerprint density at radius 2 is 1.80 bits per heavy atom. The van der Waals surface area contributed by atoms with E-state index in [0.717, 1.165) is 17.8 Å². The minimum atomic E-state index is 0.107. The minimum Gasteiger partial charge on any atom is -0.381 e. The van der Waals surface area contributed by atoms with Gasteiger partial charge in [-0.2, -0.15) is 0 Å². The lowest BCUT2D eigenvalue weighted by molar-refractivity contribution is 0.101. The summed E-state index contributed by atoms with van der Waals surface area (Å²) in [6.07, 6.45) is 3.74. The SMILES string of the molecule is CC(=O)c1ccc(NCc2ccc3c(c2)CCC3)cc1. The maximum Gasteiger partial charge on any atom is 0.159 e. The molecule has 0 radical (unpaired) electrons. The van der Waals surface area contributed by atoms with E-state index in [1.165, 1.54) is 36.0 Å². The molecule has 3 rings (SSSR count). The van der Waals surface area contributed by atoms with Gasteiger partial charge in [0.25, 0.3) is 0 Å². The molecule has 0 heterocycles. The zero-order chi connectivity index (χ0) is 13.9. The summed E-state index contributed by atoms with van der Waals surface area (Å²) >= 11 is 0. The van der Waals surface area contributed by atoms with Crippen LogP contribution in [-0.2, 0) is 19.4 Å². The van der Waals surface area contributed by atoms with Crippen LogP contribution in [0.2, 0.25) is 0 Å². The summed E-state index contributed by atoms with van der Waals surface area (Å²) in [6, 6.07) is 14.5. The number of hydrogen-bond donors (Lipinski definition) is 1. The van der Waals surface area contributed by atoms with Gasteiger partial charge in [0, 0.05) is 17.8 Å². The number of aryl methyl sites for hydroxylation is 2. The van der Waals surface area contributed by atoms with Crippen molar-refractivity contribution in [3.05, 3.63) is 64.7 Å². The van der Waals surface area contributed by atoms with Crippen LogP contribution in [0.4, 0.5) is 5.69 Å². The zero-order valence-corrected chi connectivity index (χ0v) is 11.8. The van der Waals surface area contributed by atoms with Crippen LogP contribution in [0.25, 0.3) is 0 Å². The van der Waals surface area contributed by atoms with Crippen molar-refractivity contribution in [2.24, 2.45) is 0 Å². The Morgan fingerprint density at radius 3 is 2.55 bits per heavy atom. The molecule has 0 saturated heterocycles. The molecular formula is C18H19NO. The molecule has 0 aromatic heterocycles. The smallest absolute Gasteiger partial charge is 0.159 e. The van der Waals surface area contributed by atoms with Gasteiger partial charge < -0.3 is 5.32 Å². The van der Waals surface area contributed by atoms with E-state index in [0.29, 0.717) is 0 Å². The van der Waals surface area contributed by atoms with E-state index in [1.54, 1.807) is 6.92 Å². The molecule has 102 valence electrons. The molecule has 1 N–H and O–H groups in total. The molecule has 20 heavy (non-hydrogen) atoms. The lowest BCUT2D eigenvalue weighted by atomic mass is 10.1. The molecule has 2 aromatic carbocycles. The van der Waals surface area contributed by atoms with Crippen molar-refractivity contribution in [3.63, 3.8) is 0 Å². The van der Waals surface area contributed by atoms with Crippen LogP contribution < -0.4 is 5.32 Å². The van der Waals surface area contributed by atoms with Gasteiger partial charge in [0.05, 0.1) is 0 Å². The number of ketones is 1. The van der Waals surface area contributed by atoms with E-state index < -0.39 is 0 Å². The van der Waals surface area contributed by atoms with Crippen LogP contribution in [0.1, 0.15) is 40.4 Å². The van der Waals surface area contributed by atoms with Crippen molar-refractivity contribution < 1.29 is 4.79 Å². The van der Waals surface area contributed by atoms with Gasteiger partial charge in [0.15, 0.2) is 5.78 Å². The maximum absolute atomic E-state index is 11.2. The summed E-state index contributed by atoms with van der Waals surface area (Å²) in [6.45, 7) is 2.42. The van der Waals surface area contributed by atoms with Gasteiger partial charge in [-0.05, 0) is 67.1 Å². The maximum atomic E-state index is 11.2. The third-order valence-corrected chi connectivity index (χ3v) is 3.95. The highest BCUT2D eigenvalue weighted by molar-refractivity contribution is 5.94. The van der Waals surface area contributed by atoms with Crippen molar-refractivity contribution in [1.29, 1.82) is 0 Å². The van der Waals surface area contributed by atoms with Crippen LogP contribution in [-0.4, -0.2) is 5.78 Å². The van der Waals surface area contributed by atoms with Crippen molar-refractivity contribution in [1.82, 2.24) is 0 Å². The Balaban J connectivity index is 1.65. The highest BCUT2D eigenvalue weighted by Gasteiger charge is 2.10. The second-order valence-electron chi connectivity index (χ2n) is 5.44. The molecule has 1 aliphatic carbocycles. The fourth-order valence-corrected chi connectivity index (χ4v) is 2.76. The summed E-state index contributed by atoms with van der Waals surface area (Å²) in [5.74, 6) is 0.107. The molecule has 0 fully saturated rings. The summed E-state index contributed by atoms with van der Waals surface area (Å²) in [4.78, 5) is 11.2. The Hall–Kier alpha value is -2.09. The fraction of sp³-hybridized carbons (Fsp3) is 0.278. The first-order valence-corrected chi connectivity index (χ1v) is 7.18. The van der Waals surface area contributed by atoms with Crippen LogP contribution in [0.5, 0.6) is 0 Å². The van der Waals surface area contributed by atoms with Crippen LogP contribution in [0.15, 0.2) is 42.5 Å². The zero-order valence-electron chi connectivity index (χ0n) is 11.8. The largest absolute Gasteiger partial charge is 0.381 e. The second-order valence-corrected chi connectivity index (χ2v) is 5.44. The lowest BCUT2D eigenvalue weighted by Gasteiger charge is -2.09. The average molecular weight is 265 g/mol. The van der Waals surface area contributed by atoms with Crippen molar-refractivity contribution >= 4 is 11.5 Å². The van der Waals surface area contributed by atoms with Gasteiger partial charge in [-0.3, -0.25) is 4.79 Å². The topological polar surface area (TPSA) is 29.1 Å². The van der Waals surface area contributed by atoms with Gasteiger partial charge in [-0.25, -0.2) is 0 Å². The highest BCUT2D eigenvalue weighted by atomic mass is 16.1. The number of carbonyl (C=O) groups is 1. The third kappa shape index (κ3) is 2.74. The predicted octanol–water partition coefficient (Wildman–Crippen LogP) is 3.99. The summed E-state index contributed by atoms with van der Waals surface area (Å²) in [5.41, 5.74) is 6.15. The minimum absolute atomic E-state index is 0.107. The lowest BCUT2D eigenvalue weighted by Crippen LogP contribution is -2.01. The Labute approximate surface area is 119 Å². The quantitative estimate of drug-likeness (QED) is 0.847. The molecule has 0 amide bonds. The third-order valence-electron chi connectivity index (χ3n) is 3.95. The van der Waals surface area contributed by atoms with Crippen LogP contribution >= 0.6 is 0 Å². The van der Waals surface area contributed by atoms with Gasteiger partial charge in [0.1, 0.15) is 0 Å². The summed E-state index contributed by atoms with van der Waals surface area (Å²) < 4.78 is 0. The molecule has 2 heteroatoms. The first-order chi connectivity index (χ1) is 9.72. The van der Waals surface area contributed by atoms with Crippen LogP contribution in [0.3, 0.4) is 0 Å². The molecular weight excluding hydrogens is 246 g/mol. The number of anilines is 1. The molecule has 0 spiro atoms. The van der Waals surface area contributed by atoms with E-state index in [9.17, 15) is 4.79 Å². The molecule has 0 saturated carbocycles. The Bertz CT molecular complexity index is 628. The van der Waals surface area contributed by atoms with Gasteiger partial charge in [0.2, 0.25) is 0 Å². The predicted molar refractivity (Wildman–Crippen MR) is 82.2 cm³/mol. The molecule has 0 unspecified atom stereocenters. The average Bonchev–Trinajstić information content (AvgIpc) is 2.93. The fourth-order valence-electron chi connectivity index (χ4n) is 2.76. The van der Waals surface area contributed by atoms with E-state index >= 15 is 0 Å². The van der Waals surface area contributed by atoms with Crippen molar-refractivity contribution in [2.75, 3.05) is 5.32 Å². The molecule has 0 atom stereocenters. The number of fused-ring (bicyclic) bond motifs is 1. The first-order valence-electron chi connectivity index (χ1n) is 7.18. The molecule has 1 aliphatic rings. The van der Waals surface area contributed by atoms with Crippen molar-refractivity contribution in [2.45, 2.75) is 32.7 Å². The van der Waals surface area contributed by atoms with E-state index in [2.05, 4.69) is 23.5 Å². The standard InChI is InChI=1S/C18H19NO/c1-13(20)15-7-9-18(10-8-15)19-12-14-5-6-16-3-2-4-17(16)11-14/h5-11,19H,2-4,12H2,1H3. The molecule has 0 aliphatic heterocycles. The molecule has 2 aromatic rings. The number of hydrogen-bond acceptors (Lipinski definition) is 2. The van der Waals surface area contributed by atoms with Crippen LogP contribution in [0, 0.1) is 0 Å². The Morgan fingerprint density at radius 1 is 1.05 bits per heavy atom. The van der Waals surface area contributed by atoms with Crippen molar-refractivity contribution in [3.8, 4) is 0 Å². The number of carbonyl (C=O) groups excluding carboxylic acids is 1. The molecule has 0 bridgehead atoms. The summed E-state index contributed by atoms with van der Waals surface area (Å²) in [7, 11) is 0. The normalized spacial score (nSPS) is 13.1. The highest BCUT2D eigenvalue weighted by Crippen LogP contribution is 2.23. The van der Waals surface area contributed by atoms with Gasteiger partial charge in [-0.15, -0.1) is 0 Å². The number of Topliss-reactive ketones (excluding diaryl/α,β-unsaturated/α-hetero) is 1. The van der Waals surface area contributed by atoms with Gasteiger partial charge >= 0.3 is 0 Å². The number of nitrogens with one attached hydrogen (secondary N) is 1. The number of benzene rings is 2. The van der Waals surface area contributed by atoms with E-state index in [-0.39, 0.29) is 5.78 Å². The van der Waals surface area contributed by atoms with Gasteiger partial charge in [-0.1, -0.05) is 18.2 Å². The molecule has 2 nitrogen and oxygen atoms in total. The monoisotopic (exact) mass is 265 g/mol. The number of rotatable bonds is 4.